The monoisotopic (exact) mass is 270 g/mol. The van der Waals surface area contributed by atoms with Gasteiger partial charge in [0.05, 0.1) is 5.92 Å². The zero-order valence-corrected chi connectivity index (χ0v) is 10.8. The van der Waals surface area contributed by atoms with E-state index in [4.69, 9.17) is 5.11 Å². The molecule has 0 aromatic heterocycles. The lowest BCUT2D eigenvalue weighted by molar-refractivity contribution is -0.141. The van der Waals surface area contributed by atoms with Crippen LogP contribution in [0.4, 0.5) is 0 Å². The van der Waals surface area contributed by atoms with Gasteiger partial charge in [0.2, 0.25) is 0 Å². The minimum atomic E-state index is -0.741. The van der Waals surface area contributed by atoms with Crippen LogP contribution in [-0.2, 0) is 11.2 Å². The van der Waals surface area contributed by atoms with Crippen molar-refractivity contribution in [2.24, 2.45) is 5.92 Å². The van der Waals surface area contributed by atoms with Crippen molar-refractivity contribution in [1.29, 1.82) is 0 Å². The molecule has 0 aliphatic carbocycles. The van der Waals surface area contributed by atoms with E-state index in [1.807, 2.05) is 26.0 Å². The predicted octanol–water partition coefficient (Wildman–Crippen LogP) is 3.33. The number of carboxylic acids is 1. The molecule has 15 heavy (non-hydrogen) atoms. The molecule has 0 bridgehead atoms. The molecule has 0 heterocycles. The van der Waals surface area contributed by atoms with Gasteiger partial charge >= 0.3 is 5.97 Å². The standard InChI is InChI=1S/C12H15BrO2/c1-7(12(14)15)6-10-4-5-11(13)9(3)8(10)2/h4-5,7H,6H2,1-3H3,(H,14,15). The Morgan fingerprint density at radius 2 is 2.00 bits per heavy atom. The van der Waals surface area contributed by atoms with Crippen LogP contribution >= 0.6 is 15.9 Å². The Morgan fingerprint density at radius 1 is 1.40 bits per heavy atom. The molecule has 0 spiro atoms. The van der Waals surface area contributed by atoms with Gasteiger partial charge in [-0.3, -0.25) is 4.79 Å². The topological polar surface area (TPSA) is 37.3 Å². The van der Waals surface area contributed by atoms with Crippen molar-refractivity contribution in [2.45, 2.75) is 27.2 Å². The Kier molecular flexibility index (Phi) is 3.91. The lowest BCUT2D eigenvalue weighted by Crippen LogP contribution is -2.13. The second-order valence-corrected chi connectivity index (χ2v) is 4.75. The summed E-state index contributed by atoms with van der Waals surface area (Å²) in [6, 6.07) is 3.97. The summed E-state index contributed by atoms with van der Waals surface area (Å²) in [6.07, 6.45) is 0.593. The summed E-state index contributed by atoms with van der Waals surface area (Å²) in [5.74, 6) is -1.07. The highest BCUT2D eigenvalue weighted by atomic mass is 79.9. The molecular formula is C12H15BrO2. The molecule has 1 N–H and O–H groups in total. The van der Waals surface area contributed by atoms with Gasteiger partial charge in [0.25, 0.3) is 0 Å². The highest BCUT2D eigenvalue weighted by Crippen LogP contribution is 2.24. The van der Waals surface area contributed by atoms with Gasteiger partial charge in [0.15, 0.2) is 0 Å². The van der Waals surface area contributed by atoms with Crippen LogP contribution in [0, 0.1) is 19.8 Å². The fraction of sp³-hybridized carbons (Fsp3) is 0.417. The molecule has 0 saturated carbocycles. The highest BCUT2D eigenvalue weighted by Gasteiger charge is 2.14. The van der Waals surface area contributed by atoms with Crippen LogP contribution in [0.5, 0.6) is 0 Å². The van der Waals surface area contributed by atoms with E-state index in [-0.39, 0.29) is 5.92 Å². The third kappa shape index (κ3) is 2.81. The summed E-state index contributed by atoms with van der Waals surface area (Å²) >= 11 is 3.46. The number of hydrogen-bond acceptors (Lipinski definition) is 1. The van der Waals surface area contributed by atoms with Gasteiger partial charge < -0.3 is 5.11 Å². The minimum absolute atomic E-state index is 0.329. The molecule has 0 aliphatic heterocycles. The smallest absolute Gasteiger partial charge is 0.306 e. The van der Waals surface area contributed by atoms with Crippen LogP contribution in [0.2, 0.25) is 0 Å². The van der Waals surface area contributed by atoms with E-state index in [0.717, 1.165) is 10.0 Å². The highest BCUT2D eigenvalue weighted by molar-refractivity contribution is 9.10. The van der Waals surface area contributed by atoms with Crippen LogP contribution in [0.3, 0.4) is 0 Å². The van der Waals surface area contributed by atoms with E-state index in [1.165, 1.54) is 11.1 Å². The summed E-state index contributed by atoms with van der Waals surface area (Å²) in [7, 11) is 0. The fourth-order valence-electron chi connectivity index (χ4n) is 1.48. The lowest BCUT2D eigenvalue weighted by Gasteiger charge is -2.12. The lowest BCUT2D eigenvalue weighted by atomic mass is 9.95. The fourth-order valence-corrected chi connectivity index (χ4v) is 1.91. The normalized spacial score (nSPS) is 12.5. The quantitative estimate of drug-likeness (QED) is 0.915. The molecule has 2 nitrogen and oxygen atoms in total. The number of aliphatic carboxylic acids is 1. The van der Waals surface area contributed by atoms with Crippen molar-refractivity contribution in [2.75, 3.05) is 0 Å². The Labute approximate surface area is 98.4 Å². The average molecular weight is 271 g/mol. The van der Waals surface area contributed by atoms with Gasteiger partial charge in [0.1, 0.15) is 0 Å². The van der Waals surface area contributed by atoms with E-state index in [0.29, 0.717) is 6.42 Å². The predicted molar refractivity (Wildman–Crippen MR) is 64.1 cm³/mol. The van der Waals surface area contributed by atoms with Crippen molar-refractivity contribution in [3.05, 3.63) is 33.3 Å². The molecule has 0 amide bonds. The van der Waals surface area contributed by atoms with Crippen LogP contribution < -0.4 is 0 Å². The summed E-state index contributed by atoms with van der Waals surface area (Å²) < 4.78 is 1.08. The number of halogens is 1. The summed E-state index contributed by atoms with van der Waals surface area (Å²) in [5, 5.41) is 8.85. The molecule has 1 rings (SSSR count). The first-order chi connectivity index (χ1) is 6.93. The third-order valence-electron chi connectivity index (χ3n) is 2.78. The average Bonchev–Trinajstić information content (AvgIpc) is 2.18. The van der Waals surface area contributed by atoms with Gasteiger partial charge in [0, 0.05) is 4.47 Å². The Hall–Kier alpha value is -0.830. The SMILES string of the molecule is Cc1c(Br)ccc(CC(C)C(=O)O)c1C. The number of carbonyl (C=O) groups is 1. The molecule has 1 aromatic rings. The van der Waals surface area contributed by atoms with Gasteiger partial charge in [-0.05, 0) is 43.0 Å². The summed E-state index contributed by atoms with van der Waals surface area (Å²) in [5.41, 5.74) is 3.48. The zero-order valence-electron chi connectivity index (χ0n) is 9.17. The molecule has 0 saturated heterocycles. The first-order valence-electron chi connectivity index (χ1n) is 4.91. The molecule has 3 heteroatoms. The maximum atomic E-state index is 10.8. The van der Waals surface area contributed by atoms with Crippen LogP contribution in [0.25, 0.3) is 0 Å². The molecular weight excluding hydrogens is 256 g/mol. The van der Waals surface area contributed by atoms with E-state index in [9.17, 15) is 4.79 Å². The molecule has 1 atom stereocenters. The second kappa shape index (κ2) is 4.79. The van der Waals surface area contributed by atoms with Gasteiger partial charge in [-0.15, -0.1) is 0 Å². The molecule has 0 radical (unpaired) electrons. The number of rotatable bonds is 3. The zero-order chi connectivity index (χ0) is 11.6. The second-order valence-electron chi connectivity index (χ2n) is 3.90. The number of hydrogen-bond donors (Lipinski definition) is 1. The van der Waals surface area contributed by atoms with E-state index in [2.05, 4.69) is 15.9 Å². The maximum Gasteiger partial charge on any atom is 0.306 e. The summed E-state index contributed by atoms with van der Waals surface area (Å²) in [6.45, 7) is 5.80. The van der Waals surface area contributed by atoms with Gasteiger partial charge in [-0.2, -0.15) is 0 Å². The first kappa shape index (κ1) is 12.2. The van der Waals surface area contributed by atoms with E-state index < -0.39 is 5.97 Å². The number of benzene rings is 1. The molecule has 0 aliphatic rings. The molecule has 0 fully saturated rings. The Bertz CT molecular complexity index is 385. The van der Waals surface area contributed by atoms with Crippen molar-refractivity contribution in [3.63, 3.8) is 0 Å². The minimum Gasteiger partial charge on any atom is -0.481 e. The van der Waals surface area contributed by atoms with Crippen molar-refractivity contribution in [1.82, 2.24) is 0 Å². The van der Waals surface area contributed by atoms with Crippen molar-refractivity contribution in [3.8, 4) is 0 Å². The van der Waals surface area contributed by atoms with E-state index >= 15 is 0 Å². The van der Waals surface area contributed by atoms with Gasteiger partial charge in [-0.25, -0.2) is 0 Å². The van der Waals surface area contributed by atoms with E-state index in [1.54, 1.807) is 6.92 Å². The first-order valence-corrected chi connectivity index (χ1v) is 5.70. The number of carboxylic acid groups (broad SMARTS) is 1. The molecule has 1 unspecified atom stereocenters. The summed E-state index contributed by atoms with van der Waals surface area (Å²) in [4.78, 5) is 10.8. The third-order valence-corrected chi connectivity index (χ3v) is 3.64. The van der Waals surface area contributed by atoms with Crippen LogP contribution in [0.1, 0.15) is 23.6 Å². The Balaban J connectivity index is 2.97. The maximum absolute atomic E-state index is 10.8. The van der Waals surface area contributed by atoms with Crippen LogP contribution in [-0.4, -0.2) is 11.1 Å². The molecule has 82 valence electrons. The molecule has 1 aromatic carbocycles. The van der Waals surface area contributed by atoms with Crippen LogP contribution in [0.15, 0.2) is 16.6 Å². The largest absolute Gasteiger partial charge is 0.481 e. The van der Waals surface area contributed by atoms with Crippen molar-refractivity contribution < 1.29 is 9.90 Å². The van der Waals surface area contributed by atoms with Crippen molar-refractivity contribution >= 4 is 21.9 Å². The van der Waals surface area contributed by atoms with Gasteiger partial charge in [-0.1, -0.05) is 28.9 Å². The Morgan fingerprint density at radius 3 is 2.53 bits per heavy atom.